The van der Waals surface area contributed by atoms with Crippen molar-refractivity contribution < 1.29 is 0 Å². The molecule has 20 heavy (non-hydrogen) atoms. The van der Waals surface area contributed by atoms with E-state index in [2.05, 4.69) is 77.8 Å². The highest BCUT2D eigenvalue weighted by molar-refractivity contribution is 6.09. The summed E-state index contributed by atoms with van der Waals surface area (Å²) in [6, 6.07) is 21.2. The van der Waals surface area contributed by atoms with Gasteiger partial charge in [0.15, 0.2) is 0 Å². The Hall–Kier alpha value is -2.61. The number of hydrogen-bond acceptors (Lipinski definition) is 1. The van der Waals surface area contributed by atoms with Gasteiger partial charge in [0.1, 0.15) is 0 Å². The van der Waals surface area contributed by atoms with Gasteiger partial charge in [-0.3, -0.25) is 5.10 Å². The SMILES string of the molecule is Cc1ccc(-c2n[nH]c3c2ccc2ccccc23)cc1. The number of fused-ring (bicyclic) bond motifs is 3. The van der Waals surface area contributed by atoms with Crippen LogP contribution in [0.1, 0.15) is 5.56 Å². The van der Waals surface area contributed by atoms with Gasteiger partial charge in [0.2, 0.25) is 0 Å². The van der Waals surface area contributed by atoms with Crippen LogP contribution >= 0.6 is 0 Å². The molecule has 2 heteroatoms. The first kappa shape index (κ1) is 11.2. The molecule has 0 saturated carbocycles. The maximum Gasteiger partial charge on any atom is 0.0999 e. The minimum Gasteiger partial charge on any atom is -0.277 e. The van der Waals surface area contributed by atoms with Crippen molar-refractivity contribution in [1.29, 1.82) is 0 Å². The minimum atomic E-state index is 1.02. The highest BCUT2D eigenvalue weighted by atomic mass is 15.1. The number of hydrogen-bond donors (Lipinski definition) is 1. The molecule has 0 spiro atoms. The van der Waals surface area contributed by atoms with Crippen LogP contribution in [-0.4, -0.2) is 10.2 Å². The van der Waals surface area contributed by atoms with Gasteiger partial charge in [-0.15, -0.1) is 0 Å². The van der Waals surface area contributed by atoms with E-state index in [1.807, 2.05) is 0 Å². The molecular formula is C18H14N2. The summed E-state index contributed by atoms with van der Waals surface area (Å²) in [5, 5.41) is 11.3. The van der Waals surface area contributed by atoms with E-state index in [0.717, 1.165) is 16.8 Å². The molecule has 0 aliphatic carbocycles. The average Bonchev–Trinajstić information content (AvgIpc) is 2.92. The van der Waals surface area contributed by atoms with E-state index in [9.17, 15) is 0 Å². The highest BCUT2D eigenvalue weighted by Gasteiger charge is 2.09. The van der Waals surface area contributed by atoms with Crippen LogP contribution in [0.15, 0.2) is 60.7 Å². The Bertz CT molecular complexity index is 902. The van der Waals surface area contributed by atoms with Crippen LogP contribution in [0.4, 0.5) is 0 Å². The molecule has 4 rings (SSSR count). The van der Waals surface area contributed by atoms with Crippen molar-refractivity contribution in [2.24, 2.45) is 0 Å². The quantitative estimate of drug-likeness (QED) is 0.527. The first-order valence-corrected chi connectivity index (χ1v) is 6.76. The van der Waals surface area contributed by atoms with Crippen LogP contribution in [0, 0.1) is 6.92 Å². The summed E-state index contributed by atoms with van der Waals surface area (Å²) in [5.74, 6) is 0. The van der Waals surface area contributed by atoms with Crippen molar-refractivity contribution in [3.05, 3.63) is 66.2 Å². The summed E-state index contributed by atoms with van der Waals surface area (Å²) in [7, 11) is 0. The Morgan fingerprint density at radius 1 is 0.800 bits per heavy atom. The number of nitrogens with one attached hydrogen (secondary N) is 1. The molecule has 1 heterocycles. The van der Waals surface area contributed by atoms with Gasteiger partial charge in [-0.1, -0.05) is 60.2 Å². The molecule has 0 aliphatic rings. The van der Waals surface area contributed by atoms with Crippen molar-refractivity contribution >= 4 is 21.7 Å². The molecule has 0 fully saturated rings. The number of aromatic nitrogens is 2. The molecule has 3 aromatic carbocycles. The van der Waals surface area contributed by atoms with Crippen LogP contribution in [0.3, 0.4) is 0 Å². The maximum atomic E-state index is 4.52. The summed E-state index contributed by atoms with van der Waals surface area (Å²) in [6.07, 6.45) is 0. The molecule has 96 valence electrons. The number of rotatable bonds is 1. The second-order valence-electron chi connectivity index (χ2n) is 5.15. The van der Waals surface area contributed by atoms with Crippen molar-refractivity contribution in [2.75, 3.05) is 0 Å². The average molecular weight is 258 g/mol. The zero-order chi connectivity index (χ0) is 13.5. The predicted molar refractivity (Wildman–Crippen MR) is 83.8 cm³/mol. The van der Waals surface area contributed by atoms with Gasteiger partial charge in [0.05, 0.1) is 11.2 Å². The monoisotopic (exact) mass is 258 g/mol. The lowest BCUT2D eigenvalue weighted by molar-refractivity contribution is 1.13. The number of benzene rings is 3. The highest BCUT2D eigenvalue weighted by Crippen LogP contribution is 2.31. The number of nitrogens with zero attached hydrogens (tertiary/aromatic N) is 1. The van der Waals surface area contributed by atoms with Crippen molar-refractivity contribution in [2.45, 2.75) is 6.92 Å². The molecule has 0 bridgehead atoms. The molecule has 0 unspecified atom stereocenters. The van der Waals surface area contributed by atoms with Crippen LogP contribution in [0.25, 0.3) is 32.9 Å². The molecule has 2 nitrogen and oxygen atoms in total. The third-order valence-corrected chi connectivity index (χ3v) is 3.79. The molecule has 0 atom stereocenters. The van der Waals surface area contributed by atoms with Gasteiger partial charge in [0, 0.05) is 16.3 Å². The first-order chi connectivity index (χ1) is 9.83. The van der Waals surface area contributed by atoms with Crippen LogP contribution in [0.5, 0.6) is 0 Å². The van der Waals surface area contributed by atoms with Gasteiger partial charge in [-0.2, -0.15) is 5.10 Å². The van der Waals surface area contributed by atoms with Crippen molar-refractivity contribution in [3.8, 4) is 11.3 Å². The molecule has 4 aromatic rings. The summed E-state index contributed by atoms with van der Waals surface area (Å²) in [6.45, 7) is 2.10. The van der Waals surface area contributed by atoms with Gasteiger partial charge in [-0.25, -0.2) is 0 Å². The first-order valence-electron chi connectivity index (χ1n) is 6.76. The predicted octanol–water partition coefficient (Wildman–Crippen LogP) is 4.69. The summed E-state index contributed by atoms with van der Waals surface area (Å²) >= 11 is 0. The Labute approximate surface area is 117 Å². The topological polar surface area (TPSA) is 28.7 Å². The van der Waals surface area contributed by atoms with E-state index >= 15 is 0 Å². The zero-order valence-electron chi connectivity index (χ0n) is 11.2. The maximum absolute atomic E-state index is 4.52. The Kier molecular flexibility index (Phi) is 2.36. The molecule has 0 radical (unpaired) electrons. The smallest absolute Gasteiger partial charge is 0.0999 e. The fourth-order valence-corrected chi connectivity index (χ4v) is 2.69. The fraction of sp³-hybridized carbons (Fsp3) is 0.0556. The van der Waals surface area contributed by atoms with E-state index in [1.54, 1.807) is 0 Å². The number of aromatic amines is 1. The lowest BCUT2D eigenvalue weighted by atomic mass is 10.0. The Morgan fingerprint density at radius 3 is 2.45 bits per heavy atom. The molecule has 0 saturated heterocycles. The lowest BCUT2D eigenvalue weighted by Crippen LogP contribution is -1.79. The van der Waals surface area contributed by atoms with E-state index in [-0.39, 0.29) is 0 Å². The lowest BCUT2D eigenvalue weighted by Gasteiger charge is -2.01. The van der Waals surface area contributed by atoms with Gasteiger partial charge >= 0.3 is 0 Å². The second-order valence-corrected chi connectivity index (χ2v) is 5.15. The fourth-order valence-electron chi connectivity index (χ4n) is 2.69. The summed E-state index contributed by atoms with van der Waals surface area (Å²) in [4.78, 5) is 0. The van der Waals surface area contributed by atoms with E-state index in [0.29, 0.717) is 0 Å². The van der Waals surface area contributed by atoms with Crippen LogP contribution < -0.4 is 0 Å². The van der Waals surface area contributed by atoms with E-state index < -0.39 is 0 Å². The van der Waals surface area contributed by atoms with Gasteiger partial charge in [0.25, 0.3) is 0 Å². The van der Waals surface area contributed by atoms with Crippen molar-refractivity contribution in [3.63, 3.8) is 0 Å². The second kappa shape index (κ2) is 4.20. The molecule has 0 amide bonds. The zero-order valence-corrected chi connectivity index (χ0v) is 11.2. The molecule has 1 N–H and O–H groups in total. The molecule has 0 aliphatic heterocycles. The summed E-state index contributed by atoms with van der Waals surface area (Å²) in [5.41, 5.74) is 4.54. The van der Waals surface area contributed by atoms with Gasteiger partial charge < -0.3 is 0 Å². The number of H-pyrrole nitrogens is 1. The Balaban J connectivity index is 2.02. The number of aryl methyl sites for hydroxylation is 1. The minimum absolute atomic E-state index is 1.02. The van der Waals surface area contributed by atoms with Crippen LogP contribution in [-0.2, 0) is 0 Å². The van der Waals surface area contributed by atoms with Crippen LogP contribution in [0.2, 0.25) is 0 Å². The Morgan fingerprint density at radius 2 is 1.60 bits per heavy atom. The summed E-state index contributed by atoms with van der Waals surface area (Å²) < 4.78 is 0. The third-order valence-electron chi connectivity index (χ3n) is 3.79. The third kappa shape index (κ3) is 1.62. The van der Waals surface area contributed by atoms with E-state index in [1.165, 1.54) is 21.7 Å². The largest absolute Gasteiger partial charge is 0.277 e. The molecule has 1 aromatic heterocycles. The van der Waals surface area contributed by atoms with Gasteiger partial charge in [-0.05, 0) is 18.4 Å². The normalized spacial score (nSPS) is 11.2. The van der Waals surface area contributed by atoms with Crippen molar-refractivity contribution in [1.82, 2.24) is 10.2 Å². The van der Waals surface area contributed by atoms with E-state index in [4.69, 9.17) is 0 Å². The standard InChI is InChI=1S/C18H14N2/c1-12-6-8-14(9-7-12)17-16-11-10-13-4-2-3-5-15(13)18(16)20-19-17/h2-11H,1H3,(H,19,20). The molecular weight excluding hydrogens is 244 g/mol.